The van der Waals surface area contributed by atoms with E-state index in [-0.39, 0.29) is 6.04 Å². The van der Waals surface area contributed by atoms with Gasteiger partial charge in [0.25, 0.3) is 0 Å². The van der Waals surface area contributed by atoms with Gasteiger partial charge >= 0.3 is 0 Å². The van der Waals surface area contributed by atoms with E-state index in [0.29, 0.717) is 11.6 Å². The van der Waals surface area contributed by atoms with E-state index in [1.54, 1.807) is 12.4 Å². The molecule has 3 N–H and O–H groups in total. The molecule has 5 heteroatoms. The highest BCUT2D eigenvalue weighted by atomic mass is 32.1. The quantitative estimate of drug-likeness (QED) is 0.876. The molecule has 0 aromatic carbocycles. The molecule has 0 radical (unpaired) electrons. The average Bonchev–Trinajstić information content (AvgIpc) is 2.61. The topological polar surface area (TPSA) is 63.8 Å². The van der Waals surface area contributed by atoms with Gasteiger partial charge in [-0.2, -0.15) is 0 Å². The molecule has 90 valence electrons. The summed E-state index contributed by atoms with van der Waals surface area (Å²) in [6.07, 6.45) is 3.21. The minimum absolute atomic E-state index is 0.198. The van der Waals surface area contributed by atoms with Gasteiger partial charge in [-0.1, -0.05) is 0 Å². The number of hydrogen-bond donors (Lipinski definition) is 2. The lowest BCUT2D eigenvalue weighted by Gasteiger charge is -2.13. The predicted octanol–water partition coefficient (Wildman–Crippen LogP) is 2.91. The van der Waals surface area contributed by atoms with Crippen LogP contribution in [-0.2, 0) is 0 Å². The maximum atomic E-state index is 5.54. The summed E-state index contributed by atoms with van der Waals surface area (Å²) >= 11 is 1.81. The molecule has 0 aliphatic carbocycles. The second-order valence-corrected chi connectivity index (χ2v) is 5.54. The number of nitrogens with one attached hydrogen (secondary N) is 1. The first-order valence-electron chi connectivity index (χ1n) is 5.47. The Morgan fingerprint density at radius 3 is 2.47 bits per heavy atom. The number of nitrogens with zero attached hydrogens (tertiary/aromatic N) is 2. The maximum absolute atomic E-state index is 5.54. The molecular weight excluding hydrogens is 232 g/mol. The molecule has 2 aromatic rings. The third-order valence-electron chi connectivity index (χ3n) is 2.56. The van der Waals surface area contributed by atoms with E-state index in [4.69, 9.17) is 5.73 Å². The van der Waals surface area contributed by atoms with E-state index in [0.717, 1.165) is 0 Å². The molecule has 1 atom stereocenters. The third-order valence-corrected chi connectivity index (χ3v) is 3.55. The minimum Gasteiger partial charge on any atom is -0.396 e. The number of aryl methyl sites for hydroxylation is 2. The molecule has 2 rings (SSSR count). The highest BCUT2D eigenvalue weighted by molar-refractivity contribution is 7.12. The van der Waals surface area contributed by atoms with Gasteiger partial charge in [-0.05, 0) is 32.4 Å². The van der Waals surface area contributed by atoms with Crippen LogP contribution in [0.2, 0.25) is 0 Å². The van der Waals surface area contributed by atoms with Crippen molar-refractivity contribution in [1.82, 2.24) is 9.97 Å². The monoisotopic (exact) mass is 248 g/mol. The number of nitrogen functional groups attached to an aromatic ring is 1. The first-order valence-corrected chi connectivity index (χ1v) is 6.29. The van der Waals surface area contributed by atoms with Crippen molar-refractivity contribution >= 4 is 23.0 Å². The SMILES string of the molecule is Cc1cc(C(C)Nc2ncc(N)cn2)c(C)s1. The highest BCUT2D eigenvalue weighted by Gasteiger charge is 2.11. The standard InChI is InChI=1S/C12H16N4S/c1-7-4-11(9(3)17-7)8(2)16-12-14-5-10(13)6-15-12/h4-6,8H,13H2,1-3H3,(H,14,15,16). The van der Waals surface area contributed by atoms with Gasteiger partial charge in [-0.15, -0.1) is 11.3 Å². The summed E-state index contributed by atoms with van der Waals surface area (Å²) < 4.78 is 0. The summed E-state index contributed by atoms with van der Waals surface area (Å²) in [7, 11) is 0. The van der Waals surface area contributed by atoms with Crippen LogP contribution >= 0.6 is 11.3 Å². The number of hydrogen-bond acceptors (Lipinski definition) is 5. The Bertz CT molecular complexity index is 504. The number of aromatic nitrogens is 2. The molecular formula is C12H16N4S. The molecule has 0 fully saturated rings. The molecule has 2 aromatic heterocycles. The van der Waals surface area contributed by atoms with Crippen LogP contribution in [0, 0.1) is 13.8 Å². The van der Waals surface area contributed by atoms with Gasteiger partial charge in [0, 0.05) is 9.75 Å². The summed E-state index contributed by atoms with van der Waals surface area (Å²) in [6, 6.07) is 2.40. The van der Waals surface area contributed by atoms with E-state index >= 15 is 0 Å². The van der Waals surface area contributed by atoms with Gasteiger partial charge in [0.05, 0.1) is 24.1 Å². The predicted molar refractivity (Wildman–Crippen MR) is 72.3 cm³/mol. The maximum Gasteiger partial charge on any atom is 0.223 e. The fraction of sp³-hybridized carbons (Fsp3) is 0.333. The van der Waals surface area contributed by atoms with Crippen LogP contribution in [0.4, 0.5) is 11.6 Å². The van der Waals surface area contributed by atoms with Crippen molar-refractivity contribution in [2.24, 2.45) is 0 Å². The third kappa shape index (κ3) is 2.74. The van der Waals surface area contributed by atoms with Crippen LogP contribution < -0.4 is 11.1 Å². The van der Waals surface area contributed by atoms with Crippen LogP contribution in [-0.4, -0.2) is 9.97 Å². The van der Waals surface area contributed by atoms with Crippen molar-refractivity contribution in [2.75, 3.05) is 11.1 Å². The smallest absolute Gasteiger partial charge is 0.223 e. The molecule has 0 bridgehead atoms. The van der Waals surface area contributed by atoms with E-state index in [1.165, 1.54) is 15.3 Å². The number of nitrogens with two attached hydrogens (primary N) is 1. The Hall–Kier alpha value is -1.62. The van der Waals surface area contributed by atoms with Crippen molar-refractivity contribution in [3.05, 3.63) is 33.8 Å². The Balaban J connectivity index is 2.14. The molecule has 4 nitrogen and oxygen atoms in total. The molecule has 0 aliphatic rings. The van der Waals surface area contributed by atoms with Crippen molar-refractivity contribution in [2.45, 2.75) is 26.8 Å². The Labute approximate surface area is 105 Å². The molecule has 17 heavy (non-hydrogen) atoms. The summed E-state index contributed by atoms with van der Waals surface area (Å²) in [4.78, 5) is 10.9. The molecule has 2 heterocycles. The zero-order valence-electron chi connectivity index (χ0n) is 10.2. The largest absolute Gasteiger partial charge is 0.396 e. The zero-order chi connectivity index (χ0) is 12.4. The second-order valence-electron chi connectivity index (χ2n) is 4.07. The number of rotatable bonds is 3. The number of anilines is 2. The van der Waals surface area contributed by atoms with Crippen LogP contribution in [0.5, 0.6) is 0 Å². The Kier molecular flexibility index (Phi) is 3.28. The van der Waals surface area contributed by atoms with Gasteiger partial charge in [0.15, 0.2) is 0 Å². The Morgan fingerprint density at radius 2 is 1.94 bits per heavy atom. The second kappa shape index (κ2) is 4.71. The summed E-state index contributed by atoms with van der Waals surface area (Å²) in [5, 5.41) is 3.27. The van der Waals surface area contributed by atoms with Gasteiger partial charge < -0.3 is 11.1 Å². The first-order chi connectivity index (χ1) is 8.06. The zero-order valence-corrected chi connectivity index (χ0v) is 11.0. The van der Waals surface area contributed by atoms with Gasteiger partial charge in [-0.25, -0.2) is 9.97 Å². The van der Waals surface area contributed by atoms with E-state index < -0.39 is 0 Å². The van der Waals surface area contributed by atoms with E-state index in [1.807, 2.05) is 11.3 Å². The molecule has 0 spiro atoms. The van der Waals surface area contributed by atoms with E-state index in [2.05, 4.69) is 42.1 Å². The van der Waals surface area contributed by atoms with Gasteiger partial charge in [0.1, 0.15) is 0 Å². The van der Waals surface area contributed by atoms with Gasteiger partial charge in [-0.3, -0.25) is 0 Å². The summed E-state index contributed by atoms with van der Waals surface area (Å²) in [5.41, 5.74) is 7.42. The lowest BCUT2D eigenvalue weighted by atomic mass is 10.1. The van der Waals surface area contributed by atoms with Crippen LogP contribution in [0.1, 0.15) is 28.3 Å². The molecule has 0 amide bonds. The van der Waals surface area contributed by atoms with Crippen molar-refractivity contribution in [3.8, 4) is 0 Å². The van der Waals surface area contributed by atoms with Crippen LogP contribution in [0.3, 0.4) is 0 Å². The molecule has 0 saturated carbocycles. The fourth-order valence-electron chi connectivity index (χ4n) is 1.76. The normalized spacial score (nSPS) is 12.4. The van der Waals surface area contributed by atoms with Crippen molar-refractivity contribution in [1.29, 1.82) is 0 Å². The highest BCUT2D eigenvalue weighted by Crippen LogP contribution is 2.27. The fourth-order valence-corrected chi connectivity index (χ4v) is 2.79. The average molecular weight is 248 g/mol. The van der Waals surface area contributed by atoms with Crippen molar-refractivity contribution < 1.29 is 0 Å². The molecule has 1 unspecified atom stereocenters. The molecule has 0 aliphatic heterocycles. The van der Waals surface area contributed by atoms with Gasteiger partial charge in [0.2, 0.25) is 5.95 Å². The Morgan fingerprint density at radius 1 is 1.29 bits per heavy atom. The lowest BCUT2D eigenvalue weighted by Crippen LogP contribution is -2.09. The van der Waals surface area contributed by atoms with Crippen LogP contribution in [0.15, 0.2) is 18.5 Å². The molecule has 0 saturated heterocycles. The summed E-state index contributed by atoms with van der Waals surface area (Å²) in [6.45, 7) is 6.36. The van der Waals surface area contributed by atoms with E-state index in [9.17, 15) is 0 Å². The first kappa shape index (κ1) is 11.9. The van der Waals surface area contributed by atoms with Crippen molar-refractivity contribution in [3.63, 3.8) is 0 Å². The minimum atomic E-state index is 0.198. The summed E-state index contributed by atoms with van der Waals surface area (Å²) in [5.74, 6) is 0.606. The number of thiophene rings is 1. The lowest BCUT2D eigenvalue weighted by molar-refractivity contribution is 0.858. The van der Waals surface area contributed by atoms with Crippen LogP contribution in [0.25, 0.3) is 0 Å².